The fraction of sp³-hybridized carbons (Fsp3) is 0.214. The lowest BCUT2D eigenvalue weighted by atomic mass is 10.2. The second-order valence-corrected chi connectivity index (χ2v) is 3.95. The Bertz CT molecular complexity index is 554. The van der Waals surface area contributed by atoms with Crippen LogP contribution in [0.1, 0.15) is 12.5 Å². The van der Waals surface area contributed by atoms with Gasteiger partial charge in [0.05, 0.1) is 7.11 Å². The summed E-state index contributed by atoms with van der Waals surface area (Å²) < 4.78 is 9.74. The van der Waals surface area contributed by atoms with E-state index in [0.29, 0.717) is 5.75 Å². The number of esters is 1. The van der Waals surface area contributed by atoms with Crippen molar-refractivity contribution in [2.75, 3.05) is 13.7 Å². The molecule has 0 saturated heterocycles. The van der Waals surface area contributed by atoms with E-state index in [-0.39, 0.29) is 0 Å². The zero-order valence-corrected chi connectivity index (χ0v) is 11.7. The average molecular weight is 292 g/mol. The zero-order valence-electron chi connectivity index (χ0n) is 11.7. The quantitative estimate of drug-likeness (QED) is 0.466. The average Bonchev–Trinajstić information content (AvgIpc) is 2.49. The van der Waals surface area contributed by atoms with Crippen LogP contribution in [-0.4, -0.2) is 31.5 Å². The lowest BCUT2D eigenvalue weighted by Crippen LogP contribution is -2.42. The fourth-order valence-corrected chi connectivity index (χ4v) is 1.29. The Balaban J connectivity index is 2.40. The molecule has 0 radical (unpaired) electrons. The van der Waals surface area contributed by atoms with E-state index in [1.807, 2.05) is 0 Å². The summed E-state index contributed by atoms with van der Waals surface area (Å²) in [5.41, 5.74) is 4.91. The van der Waals surface area contributed by atoms with Gasteiger partial charge in [-0.2, -0.15) is 0 Å². The first-order valence-electron chi connectivity index (χ1n) is 6.05. The van der Waals surface area contributed by atoms with Gasteiger partial charge in [-0.1, -0.05) is 12.1 Å². The van der Waals surface area contributed by atoms with Gasteiger partial charge in [-0.25, -0.2) is 4.79 Å². The van der Waals surface area contributed by atoms with Crippen molar-refractivity contribution in [3.05, 3.63) is 35.9 Å². The lowest BCUT2D eigenvalue weighted by Gasteiger charge is -2.04. The third-order valence-corrected chi connectivity index (χ3v) is 2.23. The van der Waals surface area contributed by atoms with Crippen molar-refractivity contribution in [2.45, 2.75) is 6.92 Å². The highest BCUT2D eigenvalue weighted by Gasteiger charge is 2.04. The first-order valence-corrected chi connectivity index (χ1v) is 6.05. The third-order valence-electron chi connectivity index (χ3n) is 2.23. The molecule has 2 N–H and O–H groups in total. The van der Waals surface area contributed by atoms with Crippen LogP contribution < -0.4 is 15.6 Å². The Hall–Kier alpha value is -2.83. The van der Waals surface area contributed by atoms with Crippen molar-refractivity contribution < 1.29 is 23.9 Å². The Morgan fingerprint density at radius 1 is 1.24 bits per heavy atom. The van der Waals surface area contributed by atoms with Gasteiger partial charge in [-0.05, 0) is 23.8 Å². The summed E-state index contributed by atoms with van der Waals surface area (Å²) in [5, 5.41) is 0. The molecule has 0 aromatic heterocycles. The zero-order chi connectivity index (χ0) is 15.7. The van der Waals surface area contributed by atoms with Gasteiger partial charge in [0.1, 0.15) is 5.75 Å². The van der Waals surface area contributed by atoms with Gasteiger partial charge in [0.15, 0.2) is 6.61 Å². The van der Waals surface area contributed by atoms with Gasteiger partial charge in [-0.3, -0.25) is 20.4 Å². The summed E-state index contributed by atoms with van der Waals surface area (Å²) in [5.74, 6) is -1.06. The van der Waals surface area contributed by atoms with Gasteiger partial charge in [-0.15, -0.1) is 0 Å². The van der Waals surface area contributed by atoms with Crippen LogP contribution in [0.15, 0.2) is 30.3 Å². The lowest BCUT2D eigenvalue weighted by molar-refractivity contribution is -0.144. The van der Waals surface area contributed by atoms with Gasteiger partial charge in [0.2, 0.25) is 5.91 Å². The van der Waals surface area contributed by atoms with Gasteiger partial charge < -0.3 is 9.47 Å². The van der Waals surface area contributed by atoms with Crippen LogP contribution in [0.3, 0.4) is 0 Å². The summed E-state index contributed by atoms with van der Waals surface area (Å²) in [6.07, 6.45) is 2.73. The third kappa shape index (κ3) is 6.76. The van der Waals surface area contributed by atoms with E-state index in [9.17, 15) is 14.4 Å². The maximum atomic E-state index is 11.4. The number of nitrogens with one attached hydrogen (secondary N) is 2. The molecule has 0 atom stereocenters. The van der Waals surface area contributed by atoms with Gasteiger partial charge >= 0.3 is 5.97 Å². The number of amides is 2. The molecule has 0 fully saturated rings. The maximum Gasteiger partial charge on any atom is 0.331 e. The molecule has 7 nitrogen and oxygen atoms in total. The first-order chi connectivity index (χ1) is 10.0. The minimum atomic E-state index is -0.671. The summed E-state index contributed by atoms with van der Waals surface area (Å²) in [6, 6.07) is 7.09. The molecule has 0 spiro atoms. The molecule has 1 aromatic rings. The minimum absolute atomic E-state index is 0.424. The summed E-state index contributed by atoms with van der Waals surface area (Å²) in [4.78, 5) is 33.1. The molecule has 7 heteroatoms. The molecule has 2 amide bonds. The molecule has 0 unspecified atom stereocenters. The molecule has 0 heterocycles. The predicted molar refractivity (Wildman–Crippen MR) is 74.9 cm³/mol. The molecular weight excluding hydrogens is 276 g/mol. The summed E-state index contributed by atoms with van der Waals surface area (Å²) in [7, 11) is 1.55. The first kappa shape index (κ1) is 16.2. The Kier molecular flexibility index (Phi) is 6.46. The van der Waals surface area contributed by atoms with E-state index in [2.05, 4.69) is 10.9 Å². The molecule has 1 rings (SSSR count). The Labute approximate surface area is 121 Å². The van der Waals surface area contributed by atoms with Crippen LogP contribution in [-0.2, 0) is 19.1 Å². The highest BCUT2D eigenvalue weighted by molar-refractivity contribution is 5.89. The molecule has 1 aromatic carbocycles. The SMILES string of the molecule is COc1cccc(/C=C/C(=O)OCC(=O)NNC(C)=O)c1. The van der Waals surface area contributed by atoms with E-state index in [4.69, 9.17) is 9.47 Å². The van der Waals surface area contributed by atoms with E-state index >= 15 is 0 Å². The second-order valence-electron chi connectivity index (χ2n) is 3.95. The van der Waals surface area contributed by atoms with Crippen molar-refractivity contribution in [1.82, 2.24) is 10.9 Å². The maximum absolute atomic E-state index is 11.4. The highest BCUT2D eigenvalue weighted by Crippen LogP contribution is 2.13. The number of rotatable bonds is 5. The minimum Gasteiger partial charge on any atom is -0.497 e. The number of carbonyl (C=O) groups is 3. The fourth-order valence-electron chi connectivity index (χ4n) is 1.29. The van der Waals surface area contributed by atoms with Crippen LogP contribution in [0.25, 0.3) is 6.08 Å². The summed E-state index contributed by atoms with van der Waals surface area (Å²) in [6.45, 7) is 0.755. The monoisotopic (exact) mass is 292 g/mol. The van der Waals surface area contributed by atoms with Crippen molar-refractivity contribution in [1.29, 1.82) is 0 Å². The van der Waals surface area contributed by atoms with Crippen molar-refractivity contribution in [3.8, 4) is 5.75 Å². The molecule has 0 bridgehead atoms. The van der Waals surface area contributed by atoms with Crippen LogP contribution >= 0.6 is 0 Å². The highest BCUT2D eigenvalue weighted by atomic mass is 16.5. The van der Waals surface area contributed by atoms with Crippen LogP contribution in [0, 0.1) is 0 Å². The number of benzene rings is 1. The summed E-state index contributed by atoms with van der Waals surface area (Å²) >= 11 is 0. The standard InChI is InChI=1S/C14H16N2O5/c1-10(17)15-16-13(18)9-21-14(19)7-6-11-4-3-5-12(8-11)20-2/h3-8H,9H2,1-2H3,(H,15,17)(H,16,18)/b7-6+. The normalized spacial score (nSPS) is 10.0. The molecule has 0 aliphatic heterocycles. The smallest absolute Gasteiger partial charge is 0.331 e. The Morgan fingerprint density at radius 2 is 2.00 bits per heavy atom. The van der Waals surface area contributed by atoms with Gasteiger partial charge in [0.25, 0.3) is 5.91 Å². The number of ether oxygens (including phenoxy) is 2. The van der Waals surface area contributed by atoms with Crippen LogP contribution in [0.2, 0.25) is 0 Å². The molecular formula is C14H16N2O5. The van der Waals surface area contributed by atoms with E-state index in [1.54, 1.807) is 31.4 Å². The molecule has 0 aliphatic rings. The molecule has 0 saturated carbocycles. The molecule has 112 valence electrons. The topological polar surface area (TPSA) is 93.7 Å². The van der Waals surface area contributed by atoms with Crippen molar-refractivity contribution in [3.63, 3.8) is 0 Å². The number of hydrogen-bond donors (Lipinski definition) is 2. The second kappa shape index (κ2) is 8.36. The molecule has 0 aliphatic carbocycles. The Morgan fingerprint density at radius 3 is 2.67 bits per heavy atom. The number of hydrogen-bond acceptors (Lipinski definition) is 5. The van der Waals surface area contributed by atoms with Crippen LogP contribution in [0.4, 0.5) is 0 Å². The van der Waals surface area contributed by atoms with E-state index in [1.165, 1.54) is 19.1 Å². The number of methoxy groups -OCH3 is 1. The number of carbonyl (C=O) groups excluding carboxylic acids is 3. The molecule has 21 heavy (non-hydrogen) atoms. The number of hydrazine groups is 1. The van der Waals surface area contributed by atoms with Crippen molar-refractivity contribution >= 4 is 23.9 Å². The van der Waals surface area contributed by atoms with Crippen LogP contribution in [0.5, 0.6) is 5.75 Å². The van der Waals surface area contributed by atoms with E-state index in [0.717, 1.165) is 5.56 Å². The largest absolute Gasteiger partial charge is 0.497 e. The van der Waals surface area contributed by atoms with E-state index < -0.39 is 24.4 Å². The predicted octanol–water partition coefficient (Wildman–Crippen LogP) is 0.419. The van der Waals surface area contributed by atoms with Gasteiger partial charge in [0, 0.05) is 13.0 Å². The van der Waals surface area contributed by atoms with Crippen molar-refractivity contribution in [2.24, 2.45) is 0 Å².